The Labute approximate surface area is 164 Å². The van der Waals surface area contributed by atoms with Crippen molar-refractivity contribution < 1.29 is 18.8 Å². The smallest absolute Gasteiger partial charge is 0.258 e. The van der Waals surface area contributed by atoms with Crippen LogP contribution < -0.4 is 10.1 Å². The van der Waals surface area contributed by atoms with E-state index in [1.54, 1.807) is 0 Å². The van der Waals surface area contributed by atoms with Gasteiger partial charge in [-0.2, -0.15) is 4.98 Å². The normalized spacial score (nSPS) is 18.3. The monoisotopic (exact) mass is 385 g/mol. The van der Waals surface area contributed by atoms with Crippen molar-refractivity contribution >= 4 is 5.91 Å². The summed E-state index contributed by atoms with van der Waals surface area (Å²) < 4.78 is 16.7. The van der Waals surface area contributed by atoms with Crippen molar-refractivity contribution in [1.82, 2.24) is 15.5 Å². The molecule has 1 saturated heterocycles. The van der Waals surface area contributed by atoms with Gasteiger partial charge in [-0.25, -0.2) is 0 Å². The average molecular weight is 385 g/mol. The molecule has 0 saturated carbocycles. The van der Waals surface area contributed by atoms with Crippen molar-refractivity contribution in [2.75, 3.05) is 19.8 Å². The van der Waals surface area contributed by atoms with Gasteiger partial charge in [0.1, 0.15) is 11.3 Å². The van der Waals surface area contributed by atoms with Gasteiger partial charge >= 0.3 is 0 Å². The van der Waals surface area contributed by atoms with Crippen molar-refractivity contribution in [2.24, 2.45) is 0 Å². The summed E-state index contributed by atoms with van der Waals surface area (Å²) in [5.41, 5.74) is 2.05. The minimum atomic E-state index is -0.686. The first-order valence-corrected chi connectivity index (χ1v) is 10.1. The summed E-state index contributed by atoms with van der Waals surface area (Å²) in [7, 11) is 0. The highest BCUT2D eigenvalue weighted by Gasteiger charge is 2.41. The molecule has 0 bridgehead atoms. The molecule has 28 heavy (non-hydrogen) atoms. The Kier molecular flexibility index (Phi) is 5.62. The van der Waals surface area contributed by atoms with E-state index in [-0.39, 0.29) is 12.5 Å². The summed E-state index contributed by atoms with van der Waals surface area (Å²) >= 11 is 0. The highest BCUT2D eigenvalue weighted by Crippen LogP contribution is 2.31. The van der Waals surface area contributed by atoms with Crippen LogP contribution in [0.15, 0.2) is 22.7 Å². The van der Waals surface area contributed by atoms with E-state index in [2.05, 4.69) is 27.6 Å². The van der Waals surface area contributed by atoms with E-state index in [0.29, 0.717) is 44.2 Å². The molecule has 4 rings (SSSR count). The maximum Gasteiger partial charge on any atom is 0.258 e. The van der Waals surface area contributed by atoms with Crippen LogP contribution in [-0.4, -0.2) is 35.9 Å². The Morgan fingerprint density at radius 2 is 2.00 bits per heavy atom. The average Bonchev–Trinajstić information content (AvgIpc) is 3.23. The quantitative estimate of drug-likeness (QED) is 0.823. The molecule has 150 valence electrons. The lowest BCUT2D eigenvalue weighted by atomic mass is 9.89. The largest absolute Gasteiger partial charge is 0.484 e. The number of fused-ring (bicyclic) bond motifs is 1. The second-order valence-corrected chi connectivity index (χ2v) is 7.54. The number of carbonyl (C=O) groups excluding carboxylic acids is 1. The first kappa shape index (κ1) is 18.9. The van der Waals surface area contributed by atoms with Crippen LogP contribution in [0.5, 0.6) is 5.75 Å². The van der Waals surface area contributed by atoms with Gasteiger partial charge in [-0.15, -0.1) is 0 Å². The Morgan fingerprint density at radius 1 is 1.21 bits per heavy atom. The minimum Gasteiger partial charge on any atom is -0.484 e. The molecule has 0 unspecified atom stereocenters. The van der Waals surface area contributed by atoms with Gasteiger partial charge in [0.2, 0.25) is 0 Å². The molecule has 0 radical (unpaired) electrons. The number of ether oxygens (including phenoxy) is 2. The number of hydrogen-bond acceptors (Lipinski definition) is 6. The highest BCUT2D eigenvalue weighted by atomic mass is 16.5. The zero-order valence-electron chi connectivity index (χ0n) is 16.3. The molecule has 2 aromatic rings. The molecule has 7 heteroatoms. The topological polar surface area (TPSA) is 86.5 Å². The van der Waals surface area contributed by atoms with Crippen LogP contribution >= 0.6 is 0 Å². The van der Waals surface area contributed by atoms with E-state index >= 15 is 0 Å². The summed E-state index contributed by atoms with van der Waals surface area (Å²) in [6, 6.07) is 6.14. The molecule has 1 fully saturated rings. The number of nitrogens with one attached hydrogen (secondary N) is 1. The number of benzene rings is 1. The minimum absolute atomic E-state index is 0.0455. The summed E-state index contributed by atoms with van der Waals surface area (Å²) in [5, 5.41) is 7.07. The number of aryl methyl sites for hydroxylation is 3. The van der Waals surface area contributed by atoms with Gasteiger partial charge in [-0.3, -0.25) is 4.79 Å². The first-order chi connectivity index (χ1) is 13.7. The van der Waals surface area contributed by atoms with Gasteiger partial charge in [-0.05, 0) is 48.9 Å². The fourth-order valence-corrected chi connectivity index (χ4v) is 3.96. The molecule has 2 heterocycles. The summed E-state index contributed by atoms with van der Waals surface area (Å²) in [6.07, 6.45) is 6.56. The molecule has 1 aliphatic carbocycles. The van der Waals surface area contributed by atoms with Crippen LogP contribution in [0.4, 0.5) is 0 Å². The Bertz CT molecular complexity index is 827. The third-order valence-corrected chi connectivity index (χ3v) is 5.61. The second kappa shape index (κ2) is 8.31. The van der Waals surface area contributed by atoms with Gasteiger partial charge in [0.05, 0.1) is 0 Å². The lowest BCUT2D eigenvalue weighted by Crippen LogP contribution is -2.51. The van der Waals surface area contributed by atoms with Crippen molar-refractivity contribution in [1.29, 1.82) is 0 Å². The molecular weight excluding hydrogens is 358 g/mol. The lowest BCUT2D eigenvalue weighted by molar-refractivity contribution is -0.127. The van der Waals surface area contributed by atoms with Crippen LogP contribution in [0.25, 0.3) is 0 Å². The van der Waals surface area contributed by atoms with Crippen LogP contribution in [0.1, 0.15) is 55.4 Å². The molecular formula is C21H27N3O4. The van der Waals surface area contributed by atoms with Gasteiger partial charge in [0.15, 0.2) is 12.4 Å². The number of carbonyl (C=O) groups is 1. The van der Waals surface area contributed by atoms with Crippen LogP contribution in [0.3, 0.4) is 0 Å². The van der Waals surface area contributed by atoms with E-state index in [4.69, 9.17) is 14.0 Å². The predicted molar refractivity (Wildman–Crippen MR) is 102 cm³/mol. The van der Waals surface area contributed by atoms with Crippen LogP contribution in [-0.2, 0) is 34.3 Å². The van der Waals surface area contributed by atoms with Crippen LogP contribution in [0.2, 0.25) is 0 Å². The number of nitrogens with zero attached hydrogens (tertiary/aromatic N) is 2. The van der Waals surface area contributed by atoms with Gasteiger partial charge in [-0.1, -0.05) is 18.1 Å². The molecule has 1 aliphatic heterocycles. The standard InChI is InChI=1S/C21H27N3O4/c1-2-18-22-20(28-24-18)21(9-11-26-12-10-21)23-19(25)14-27-17-8-7-15-5-3-4-6-16(15)13-17/h7-8,13H,2-6,9-12,14H2,1H3,(H,23,25). The number of amides is 1. The van der Waals surface area contributed by atoms with Crippen molar-refractivity contribution in [3.63, 3.8) is 0 Å². The molecule has 2 aliphatic rings. The highest BCUT2D eigenvalue weighted by molar-refractivity contribution is 5.78. The Morgan fingerprint density at radius 3 is 2.75 bits per heavy atom. The maximum absolute atomic E-state index is 12.7. The van der Waals surface area contributed by atoms with E-state index < -0.39 is 5.54 Å². The maximum atomic E-state index is 12.7. The van der Waals surface area contributed by atoms with E-state index in [1.807, 2.05) is 13.0 Å². The summed E-state index contributed by atoms with van der Waals surface area (Å²) in [5.74, 6) is 1.63. The second-order valence-electron chi connectivity index (χ2n) is 7.54. The molecule has 0 spiro atoms. The lowest BCUT2D eigenvalue weighted by Gasteiger charge is -2.34. The van der Waals surface area contributed by atoms with E-state index in [9.17, 15) is 4.79 Å². The van der Waals surface area contributed by atoms with Crippen molar-refractivity contribution in [2.45, 2.75) is 57.4 Å². The van der Waals surface area contributed by atoms with E-state index in [1.165, 1.54) is 24.0 Å². The van der Waals surface area contributed by atoms with Crippen LogP contribution in [0, 0.1) is 0 Å². The zero-order chi connectivity index (χ0) is 19.4. The van der Waals surface area contributed by atoms with Crippen molar-refractivity contribution in [3.05, 3.63) is 41.0 Å². The molecule has 7 nitrogen and oxygen atoms in total. The number of rotatable bonds is 6. The SMILES string of the molecule is CCc1noc(C2(NC(=O)COc3ccc4c(c3)CCCC4)CCOCC2)n1. The van der Waals surface area contributed by atoms with Gasteiger partial charge in [0.25, 0.3) is 11.8 Å². The third kappa shape index (κ3) is 4.04. The number of hydrogen-bond donors (Lipinski definition) is 1. The fourth-order valence-electron chi connectivity index (χ4n) is 3.96. The zero-order valence-corrected chi connectivity index (χ0v) is 16.3. The first-order valence-electron chi connectivity index (χ1n) is 10.1. The molecule has 1 aromatic carbocycles. The fraction of sp³-hybridized carbons (Fsp3) is 0.571. The Hall–Kier alpha value is -2.41. The molecule has 1 N–H and O–H groups in total. The molecule has 1 aromatic heterocycles. The number of aromatic nitrogens is 2. The third-order valence-electron chi connectivity index (χ3n) is 5.61. The Balaban J connectivity index is 1.42. The van der Waals surface area contributed by atoms with Gasteiger partial charge in [0, 0.05) is 32.5 Å². The van der Waals surface area contributed by atoms with E-state index in [0.717, 1.165) is 18.6 Å². The van der Waals surface area contributed by atoms with Gasteiger partial charge < -0.3 is 19.3 Å². The predicted octanol–water partition coefficient (Wildman–Crippen LogP) is 2.71. The molecule has 1 amide bonds. The summed E-state index contributed by atoms with van der Waals surface area (Å²) in [6.45, 7) is 3.00. The summed E-state index contributed by atoms with van der Waals surface area (Å²) in [4.78, 5) is 17.1. The molecule has 0 atom stereocenters. The van der Waals surface area contributed by atoms with Crippen molar-refractivity contribution in [3.8, 4) is 5.75 Å².